The summed E-state index contributed by atoms with van der Waals surface area (Å²) in [6.07, 6.45) is 0.667. The number of Topliss-reactive ketones (excluding diaryl/α,β-unsaturated/α-hetero) is 3. The second-order valence-electron chi connectivity index (χ2n) is 7.30. The SMILES string of the molecule is CC.CC.CC.CC(=O)C(C)C(=O)NO.CC(=O)c1ccc(-c2ccc(C)c(C)c2)cc1.CCC(C)=O. The largest absolute Gasteiger partial charge is 0.300 e. The van der Waals surface area contributed by atoms with Crippen molar-refractivity contribution in [1.82, 2.24) is 5.48 Å². The molecule has 0 aromatic heterocycles. The molecule has 37 heavy (non-hydrogen) atoms. The lowest BCUT2D eigenvalue weighted by atomic mass is 9.99. The highest BCUT2D eigenvalue weighted by molar-refractivity contribution is 5.99. The first kappa shape index (κ1) is 41.0. The van der Waals surface area contributed by atoms with E-state index in [1.807, 2.05) is 72.7 Å². The average molecular weight is 518 g/mol. The quantitative estimate of drug-likeness (QED) is 0.181. The van der Waals surface area contributed by atoms with Gasteiger partial charge in [0.15, 0.2) is 5.78 Å². The zero-order valence-electron chi connectivity index (χ0n) is 25.4. The zero-order valence-corrected chi connectivity index (χ0v) is 25.4. The number of hydrogen-bond acceptors (Lipinski definition) is 5. The summed E-state index contributed by atoms with van der Waals surface area (Å²) in [5, 5.41) is 8.00. The maximum atomic E-state index is 11.2. The monoisotopic (exact) mass is 517 g/mol. The Labute approximate surface area is 225 Å². The van der Waals surface area contributed by atoms with Crippen molar-refractivity contribution in [2.75, 3.05) is 0 Å². The van der Waals surface area contributed by atoms with Gasteiger partial charge in [-0.05, 0) is 63.8 Å². The molecule has 2 aromatic carbocycles. The molecule has 6 heteroatoms. The molecule has 0 fully saturated rings. The number of nitrogens with one attached hydrogen (secondary N) is 1. The van der Waals surface area contributed by atoms with Crippen molar-refractivity contribution < 1.29 is 24.4 Å². The summed E-state index contributed by atoms with van der Waals surface area (Å²) in [6.45, 7) is 24.0. The predicted octanol–water partition coefficient (Wildman–Crippen LogP) is 7.95. The Kier molecular flexibility index (Phi) is 28.8. The number of carbonyl (C=O) groups is 4. The topological polar surface area (TPSA) is 101 Å². The summed E-state index contributed by atoms with van der Waals surface area (Å²) in [5.74, 6) is -1.32. The van der Waals surface area contributed by atoms with Crippen molar-refractivity contribution in [2.24, 2.45) is 5.92 Å². The van der Waals surface area contributed by atoms with Crippen molar-refractivity contribution in [1.29, 1.82) is 0 Å². The molecule has 1 amide bonds. The van der Waals surface area contributed by atoms with Crippen molar-refractivity contribution in [3.8, 4) is 11.1 Å². The Morgan fingerprint density at radius 3 is 1.43 bits per heavy atom. The number of rotatable bonds is 5. The standard InChI is InChI=1S/C16H16O.C5H9NO3.C4H8O.3C2H6/c1-11-4-5-16(10-12(11)2)15-8-6-14(7-9-15)13(3)17;1-3(4(2)7)5(8)6-9;1-3-4(2)5;3*1-2/h4-10H,1-3H3;3,9H,1-2H3,(H,6,8);3H2,1-2H3;3*1-2H3. The number of hydrogen-bond donors (Lipinski definition) is 2. The van der Waals surface area contributed by atoms with Crippen molar-refractivity contribution >= 4 is 23.3 Å². The van der Waals surface area contributed by atoms with Gasteiger partial charge in [-0.1, -0.05) is 90.9 Å². The summed E-state index contributed by atoms with van der Waals surface area (Å²) in [7, 11) is 0. The van der Waals surface area contributed by atoms with Crippen LogP contribution in [0.25, 0.3) is 11.1 Å². The van der Waals surface area contributed by atoms with Gasteiger partial charge in [0.1, 0.15) is 11.6 Å². The number of benzene rings is 2. The smallest absolute Gasteiger partial charge is 0.253 e. The normalized spacial score (nSPS) is 9.24. The Morgan fingerprint density at radius 1 is 0.757 bits per heavy atom. The van der Waals surface area contributed by atoms with Crippen LogP contribution in [0.5, 0.6) is 0 Å². The van der Waals surface area contributed by atoms with Gasteiger partial charge >= 0.3 is 0 Å². The molecule has 0 radical (unpaired) electrons. The number of aryl methyl sites for hydroxylation is 2. The van der Waals surface area contributed by atoms with Gasteiger partial charge in [-0.3, -0.25) is 19.6 Å². The molecule has 1 unspecified atom stereocenters. The lowest BCUT2D eigenvalue weighted by molar-refractivity contribution is -0.138. The van der Waals surface area contributed by atoms with E-state index in [0.29, 0.717) is 6.42 Å². The van der Waals surface area contributed by atoms with Crippen LogP contribution in [0, 0.1) is 19.8 Å². The van der Waals surface area contributed by atoms with Crippen LogP contribution < -0.4 is 5.48 Å². The van der Waals surface area contributed by atoms with Crippen molar-refractivity contribution in [2.45, 2.75) is 96.4 Å². The second-order valence-corrected chi connectivity index (χ2v) is 7.30. The molecule has 0 aliphatic rings. The van der Waals surface area contributed by atoms with Gasteiger partial charge in [0.25, 0.3) is 5.91 Å². The predicted molar refractivity (Wildman–Crippen MR) is 156 cm³/mol. The molecule has 0 spiro atoms. The van der Waals surface area contributed by atoms with E-state index in [-0.39, 0.29) is 17.3 Å². The molecule has 1 atom stereocenters. The minimum absolute atomic E-state index is 0.108. The van der Waals surface area contributed by atoms with Crippen molar-refractivity contribution in [3.05, 3.63) is 59.2 Å². The fourth-order valence-corrected chi connectivity index (χ4v) is 2.10. The fraction of sp³-hybridized carbons (Fsp3) is 0.484. The van der Waals surface area contributed by atoms with Crippen LogP contribution in [0.1, 0.15) is 104 Å². The Balaban J connectivity index is -0.000000230. The minimum atomic E-state index is -0.755. The molecule has 0 aliphatic heterocycles. The van der Waals surface area contributed by atoms with Crippen LogP contribution in [0.4, 0.5) is 0 Å². The van der Waals surface area contributed by atoms with E-state index in [1.165, 1.54) is 36.0 Å². The molecule has 2 rings (SSSR count). The highest BCUT2D eigenvalue weighted by atomic mass is 16.5. The first-order chi connectivity index (χ1) is 17.4. The van der Waals surface area contributed by atoms with Crippen LogP contribution in [0.3, 0.4) is 0 Å². The highest BCUT2D eigenvalue weighted by Gasteiger charge is 2.15. The molecule has 0 saturated carbocycles. The lowest BCUT2D eigenvalue weighted by Gasteiger charge is -2.06. The summed E-state index contributed by atoms with van der Waals surface area (Å²) < 4.78 is 0. The van der Waals surface area contributed by atoms with Crippen LogP contribution >= 0.6 is 0 Å². The first-order valence-corrected chi connectivity index (χ1v) is 13.1. The van der Waals surface area contributed by atoms with E-state index >= 15 is 0 Å². The third-order valence-electron chi connectivity index (χ3n) is 4.74. The van der Waals surface area contributed by atoms with Gasteiger partial charge in [0, 0.05) is 12.0 Å². The maximum Gasteiger partial charge on any atom is 0.253 e. The molecule has 210 valence electrons. The summed E-state index contributed by atoms with van der Waals surface area (Å²) in [4.78, 5) is 41.7. The third-order valence-corrected chi connectivity index (χ3v) is 4.74. The zero-order chi connectivity index (χ0) is 30.1. The van der Waals surface area contributed by atoms with Gasteiger partial charge in [-0.25, -0.2) is 5.48 Å². The molecule has 2 N–H and O–H groups in total. The summed E-state index contributed by atoms with van der Waals surface area (Å²) >= 11 is 0. The Morgan fingerprint density at radius 2 is 1.16 bits per heavy atom. The molecule has 0 aliphatic carbocycles. The van der Waals surface area contributed by atoms with Crippen LogP contribution in [-0.2, 0) is 14.4 Å². The van der Waals surface area contributed by atoms with Crippen LogP contribution in [0.15, 0.2) is 42.5 Å². The van der Waals surface area contributed by atoms with E-state index in [9.17, 15) is 19.2 Å². The van der Waals surface area contributed by atoms with E-state index in [0.717, 1.165) is 11.1 Å². The van der Waals surface area contributed by atoms with Crippen LogP contribution in [-0.4, -0.2) is 28.5 Å². The third kappa shape index (κ3) is 19.7. The van der Waals surface area contributed by atoms with Gasteiger partial charge in [0.05, 0.1) is 5.92 Å². The van der Waals surface area contributed by atoms with E-state index in [2.05, 4.69) is 32.0 Å². The Hall–Kier alpha value is -3.12. The van der Waals surface area contributed by atoms with Crippen LogP contribution in [0.2, 0.25) is 0 Å². The van der Waals surface area contributed by atoms with Gasteiger partial charge < -0.3 is 4.79 Å². The Bertz CT molecular complexity index is 902. The number of ketones is 3. The van der Waals surface area contributed by atoms with Gasteiger partial charge in [-0.2, -0.15) is 0 Å². The fourth-order valence-electron chi connectivity index (χ4n) is 2.10. The van der Waals surface area contributed by atoms with Crippen molar-refractivity contribution in [3.63, 3.8) is 0 Å². The number of carbonyl (C=O) groups excluding carboxylic acids is 4. The van der Waals surface area contributed by atoms with E-state index < -0.39 is 11.8 Å². The molecular weight excluding hydrogens is 466 g/mol. The van der Waals surface area contributed by atoms with E-state index in [1.54, 1.807) is 13.8 Å². The van der Waals surface area contributed by atoms with Gasteiger partial charge in [0.2, 0.25) is 0 Å². The molecule has 0 saturated heterocycles. The highest BCUT2D eigenvalue weighted by Crippen LogP contribution is 2.22. The summed E-state index contributed by atoms with van der Waals surface area (Å²) in [6, 6.07) is 14.2. The molecule has 0 bridgehead atoms. The van der Waals surface area contributed by atoms with Gasteiger partial charge in [-0.15, -0.1) is 0 Å². The molecular formula is C31H51NO5. The number of hydroxylamine groups is 1. The molecule has 0 heterocycles. The average Bonchev–Trinajstić information content (AvgIpc) is 2.93. The lowest BCUT2D eigenvalue weighted by Crippen LogP contribution is -2.29. The second kappa shape index (κ2) is 26.0. The minimum Gasteiger partial charge on any atom is -0.300 e. The maximum absolute atomic E-state index is 11.2. The molecule has 2 aromatic rings. The summed E-state index contributed by atoms with van der Waals surface area (Å²) in [5.41, 5.74) is 7.09. The van der Waals surface area contributed by atoms with E-state index in [4.69, 9.17) is 5.21 Å². The number of amides is 1. The molecule has 6 nitrogen and oxygen atoms in total. The first-order valence-electron chi connectivity index (χ1n) is 13.1.